The van der Waals surface area contributed by atoms with Crippen LogP contribution in [0, 0.1) is 81.3 Å². The number of phenols is 1. The van der Waals surface area contributed by atoms with Crippen LogP contribution in [0.15, 0.2) is 18.2 Å². The van der Waals surface area contributed by atoms with E-state index in [0.717, 1.165) is 21.6 Å². The van der Waals surface area contributed by atoms with Crippen LogP contribution in [0.1, 0.15) is 235 Å². The number of rotatable bonds is 22. The lowest BCUT2D eigenvalue weighted by atomic mass is 9.75. The van der Waals surface area contributed by atoms with Gasteiger partial charge in [0, 0.05) is 90.7 Å². The molecule has 18 nitrogen and oxygen atoms in total. The summed E-state index contributed by atoms with van der Waals surface area (Å²) in [5.74, 6) is -10.1. The van der Waals surface area contributed by atoms with Gasteiger partial charge in [-0.3, -0.25) is 52.7 Å². The predicted octanol–water partition coefficient (Wildman–Crippen LogP) is 11.7. The fourth-order valence-electron chi connectivity index (χ4n) is 12.9. The van der Waals surface area contributed by atoms with Crippen molar-refractivity contribution in [3.63, 3.8) is 0 Å². The molecule has 0 spiro atoms. The molecule has 0 aromatic heterocycles. The van der Waals surface area contributed by atoms with Crippen molar-refractivity contribution < 1.29 is 57.8 Å². The van der Waals surface area contributed by atoms with Crippen LogP contribution in [-0.4, -0.2) is 134 Å². The van der Waals surface area contributed by atoms with Crippen molar-refractivity contribution in [3.8, 4) is 5.75 Å². The molecule has 6 N–H and O–H groups in total. The molecule has 2 saturated heterocycles. The molecule has 0 aliphatic carbocycles. The van der Waals surface area contributed by atoms with E-state index in [-0.39, 0.29) is 116 Å². The van der Waals surface area contributed by atoms with Gasteiger partial charge in [0.15, 0.2) is 28.9 Å². The van der Waals surface area contributed by atoms with Gasteiger partial charge in [-0.15, -0.1) is 0 Å². The second kappa shape index (κ2) is 34.7. The molecule has 538 valence electrons. The number of nitrogens with one attached hydrogen (secondary N) is 5. The first-order valence-corrected chi connectivity index (χ1v) is 37.2. The quantitative estimate of drug-likeness (QED) is 0.0589. The third-order valence-electron chi connectivity index (χ3n) is 18.5. The highest BCUT2D eigenvalue weighted by atomic mass is 33.1. The standard InChI is InChI=1S/C75H124N6O12S2/c1-26-44(5)62(60(86)32-46(7)64(88)74(20,21)22)78-68(92)51(72(14,15)16)37-58(84)53-40-94-95-41-54(77-67(91)50(71(11,12)13)36-57(83)52(38-70(8,9)10)80-75(23,24)25)69(93)81-39-43(4)30-55(81)59(85)34-49(33-47-27-28-56(82)45(6)31-47)66(90)79-63(73(17,18)19)61(87)35-48(29-42(2)3)65(89)76-53/h27-28,31,42-44,46,48-55,62-63,80,82H,26,29-30,32-41H2,1-25H3,(H,76,89)(H,77,91)(H,78,92)(H,79,90)/t43-,44?,46-,48-,49-,50?,51-,52+,53+,54+,55+,62+,63-/m1/s1. The summed E-state index contributed by atoms with van der Waals surface area (Å²) in [6.07, 6.45) is 0.277. The smallest absolute Gasteiger partial charge is 0.246 e. The van der Waals surface area contributed by atoms with E-state index >= 15 is 28.8 Å². The van der Waals surface area contributed by atoms with Gasteiger partial charge in [0.1, 0.15) is 17.6 Å². The minimum absolute atomic E-state index is 0.0303. The fraction of sp³-hybridized carbons (Fsp3) is 0.773. The van der Waals surface area contributed by atoms with Gasteiger partial charge in [-0.1, -0.05) is 186 Å². The van der Waals surface area contributed by atoms with E-state index in [1.165, 1.54) is 11.0 Å². The summed E-state index contributed by atoms with van der Waals surface area (Å²) in [5.41, 5.74) is -2.76. The van der Waals surface area contributed by atoms with Crippen molar-refractivity contribution in [1.82, 2.24) is 31.5 Å². The highest BCUT2D eigenvalue weighted by molar-refractivity contribution is 8.76. The maximum Gasteiger partial charge on any atom is 0.246 e. The lowest BCUT2D eigenvalue weighted by Gasteiger charge is -2.36. The monoisotopic (exact) mass is 1360 g/mol. The van der Waals surface area contributed by atoms with E-state index in [1.54, 1.807) is 67.5 Å². The highest BCUT2D eigenvalue weighted by Crippen LogP contribution is 2.37. The molecule has 1 aromatic rings. The molecule has 2 aliphatic rings. The number of fused-ring (bicyclic) bond motifs is 1. The Labute approximate surface area is 578 Å². The molecular formula is C75H124N6O12S2. The molecule has 3 rings (SSSR count). The second-order valence-corrected chi connectivity index (χ2v) is 37.5. The van der Waals surface area contributed by atoms with Crippen molar-refractivity contribution in [2.45, 2.75) is 279 Å². The molecule has 1 aromatic carbocycles. The lowest BCUT2D eigenvalue weighted by molar-refractivity contribution is -0.142. The summed E-state index contributed by atoms with van der Waals surface area (Å²) < 4.78 is 0. The maximum atomic E-state index is 15.6. The minimum Gasteiger partial charge on any atom is -0.508 e. The summed E-state index contributed by atoms with van der Waals surface area (Å²) in [6, 6.07) is -1.38. The number of hydrogen-bond donors (Lipinski definition) is 6. The van der Waals surface area contributed by atoms with Gasteiger partial charge >= 0.3 is 0 Å². The zero-order chi connectivity index (χ0) is 73.0. The molecule has 2 unspecified atom stereocenters. The minimum atomic E-state index is -1.29. The Morgan fingerprint density at radius 1 is 0.705 bits per heavy atom. The summed E-state index contributed by atoms with van der Waals surface area (Å²) in [5, 5.41) is 26.1. The number of phenolic OH excluding ortho intramolecular Hbond substituents is 1. The van der Waals surface area contributed by atoms with Crippen LogP contribution in [0.25, 0.3) is 0 Å². The number of carbonyl (C=O) groups is 11. The Balaban J connectivity index is 2.33. The zero-order valence-electron chi connectivity index (χ0n) is 62.7. The number of nitrogens with zero attached hydrogens (tertiary/aromatic N) is 1. The van der Waals surface area contributed by atoms with Gasteiger partial charge < -0.3 is 36.6 Å². The number of aryl methyl sites for hydroxylation is 1. The molecular weight excluding hydrogens is 1240 g/mol. The Hall–Kier alpha value is -4.95. The molecule has 2 aliphatic heterocycles. The second-order valence-electron chi connectivity index (χ2n) is 35.0. The van der Waals surface area contributed by atoms with Gasteiger partial charge in [0.05, 0.1) is 30.2 Å². The Morgan fingerprint density at radius 2 is 1.26 bits per heavy atom. The lowest BCUT2D eigenvalue weighted by Crippen LogP contribution is -2.56. The van der Waals surface area contributed by atoms with E-state index in [1.807, 2.05) is 96.9 Å². The zero-order valence-corrected chi connectivity index (χ0v) is 64.3. The Kier molecular flexibility index (Phi) is 30.8. The number of aromatic hydroxyl groups is 1. The van der Waals surface area contributed by atoms with Crippen molar-refractivity contribution in [2.75, 3.05) is 18.1 Å². The molecule has 0 radical (unpaired) electrons. The average Bonchev–Trinajstić information content (AvgIpc) is 1.77. The third kappa shape index (κ3) is 26.7. The number of carbonyl (C=O) groups excluding carboxylic acids is 11. The molecule has 95 heavy (non-hydrogen) atoms. The van der Waals surface area contributed by atoms with E-state index in [0.29, 0.717) is 24.0 Å². The third-order valence-corrected chi connectivity index (χ3v) is 21.0. The summed E-state index contributed by atoms with van der Waals surface area (Å²) >= 11 is 0. The van der Waals surface area contributed by atoms with Crippen LogP contribution < -0.4 is 26.6 Å². The average molecular weight is 1370 g/mol. The topological polar surface area (TPSA) is 271 Å². The van der Waals surface area contributed by atoms with Crippen molar-refractivity contribution in [1.29, 1.82) is 0 Å². The first-order valence-electron chi connectivity index (χ1n) is 34.8. The van der Waals surface area contributed by atoms with Crippen molar-refractivity contribution in [2.24, 2.45) is 74.4 Å². The van der Waals surface area contributed by atoms with Crippen molar-refractivity contribution in [3.05, 3.63) is 29.3 Å². The molecule has 20 heteroatoms. The number of hydrogen-bond acceptors (Lipinski definition) is 15. The van der Waals surface area contributed by atoms with Crippen LogP contribution in [0.4, 0.5) is 0 Å². The first-order chi connectivity index (χ1) is 43.2. The van der Waals surface area contributed by atoms with Crippen LogP contribution in [0.2, 0.25) is 0 Å². The van der Waals surface area contributed by atoms with E-state index < -0.39 is 140 Å². The van der Waals surface area contributed by atoms with Crippen LogP contribution in [0.3, 0.4) is 0 Å². The summed E-state index contributed by atoms with van der Waals surface area (Å²) in [7, 11) is 2.33. The fourth-order valence-corrected chi connectivity index (χ4v) is 15.3. The maximum absolute atomic E-state index is 15.6. The summed E-state index contributed by atoms with van der Waals surface area (Å²) in [4.78, 5) is 165. The predicted molar refractivity (Wildman–Crippen MR) is 382 cm³/mol. The SMILES string of the molecule is CCC(C)[C@H](NC(=O)[C@@H](CC(=O)[C@@H]1CSSC[C@H](NC(=O)C(CC(=O)[C@H](CC(C)(C)C)NC(C)(C)C)C(C)(C)C)C(=O)N2C[C@H](C)C[C@H]2C(=O)C[C@@H](Cc2ccc(O)c(C)c2)C(=O)N[C@@H](C(C)(C)C)C(=O)C[C@@H](CC(C)C)C(=O)N1)C(C)(C)C)C(=O)C[C@@H](C)C(=O)C(C)(C)C. The van der Waals surface area contributed by atoms with Gasteiger partial charge in [-0.25, -0.2) is 0 Å². The van der Waals surface area contributed by atoms with E-state index in [2.05, 4.69) is 47.4 Å². The summed E-state index contributed by atoms with van der Waals surface area (Å²) in [6.45, 7) is 47.0. The molecule has 0 saturated carbocycles. The van der Waals surface area contributed by atoms with Crippen molar-refractivity contribution >= 4 is 85.8 Å². The van der Waals surface area contributed by atoms with Gasteiger partial charge in [-0.05, 0) is 110 Å². The van der Waals surface area contributed by atoms with Crippen LogP contribution in [-0.2, 0) is 59.2 Å². The van der Waals surface area contributed by atoms with Gasteiger partial charge in [0.2, 0.25) is 29.5 Å². The normalized spacial score (nSPS) is 23.5. The van der Waals surface area contributed by atoms with Crippen LogP contribution in [0.5, 0.6) is 5.75 Å². The van der Waals surface area contributed by atoms with E-state index in [4.69, 9.17) is 0 Å². The Bertz CT molecular complexity index is 2870. The van der Waals surface area contributed by atoms with Gasteiger partial charge in [-0.2, -0.15) is 0 Å². The first kappa shape index (κ1) is 84.3. The molecule has 5 amide bonds. The van der Waals surface area contributed by atoms with Gasteiger partial charge in [0.25, 0.3) is 0 Å². The Morgan fingerprint density at radius 3 is 1.78 bits per heavy atom. The number of amides is 5. The highest BCUT2D eigenvalue weighted by Gasteiger charge is 2.46. The molecule has 2 heterocycles. The number of ketones is 6. The number of benzene rings is 1. The molecule has 2 fully saturated rings. The van der Waals surface area contributed by atoms with E-state index in [9.17, 15) is 29.1 Å². The molecule has 13 atom stereocenters. The largest absolute Gasteiger partial charge is 0.508 e. The number of Topliss-reactive ketones (excluding diaryl/α,β-unsaturated/α-hetero) is 6. The van der Waals surface area contributed by atoms with Crippen LogP contribution >= 0.6 is 21.6 Å². The molecule has 0 bridgehead atoms.